The van der Waals surface area contributed by atoms with Crippen LogP contribution in [-0.4, -0.2) is 25.0 Å². The van der Waals surface area contributed by atoms with Crippen LogP contribution in [0.5, 0.6) is 0 Å². The summed E-state index contributed by atoms with van der Waals surface area (Å²) in [6, 6.07) is 0. The Morgan fingerprint density at radius 3 is 2.29 bits per heavy atom. The minimum absolute atomic E-state index is 0.191. The summed E-state index contributed by atoms with van der Waals surface area (Å²) in [7, 11) is 0. The molecule has 7 heavy (non-hydrogen) atoms. The fourth-order valence-electron chi connectivity index (χ4n) is 0.447. The van der Waals surface area contributed by atoms with E-state index in [2.05, 4.69) is 5.32 Å². The molecule has 0 atom stereocenters. The molecule has 2 nitrogen and oxygen atoms in total. The quantitative estimate of drug-likeness (QED) is 0.453. The molecule has 1 aliphatic heterocycles. The number of hydrogen-bond donors (Lipinski definition) is 1. The first kappa shape index (κ1) is 4.71. The van der Waals surface area contributed by atoms with Crippen molar-refractivity contribution in [2.24, 2.45) is 0 Å². The molecule has 0 aromatic heterocycles. The van der Waals surface area contributed by atoms with Crippen molar-refractivity contribution in [3.8, 4) is 0 Å². The Morgan fingerprint density at radius 2 is 2.29 bits per heavy atom. The number of alkyl halides is 1. The Balaban J connectivity index is 2.43. The Kier molecular flexibility index (Phi) is 0.852. The van der Waals surface area contributed by atoms with E-state index in [4.69, 9.17) is 0 Å². The average Bonchev–Trinajstić information content (AvgIpc) is 1.61. The van der Waals surface area contributed by atoms with Crippen molar-refractivity contribution in [2.45, 2.75) is 5.67 Å². The van der Waals surface area contributed by atoms with Crippen molar-refractivity contribution in [3.05, 3.63) is 0 Å². The lowest BCUT2D eigenvalue weighted by molar-refractivity contribution is -0.120. The second kappa shape index (κ2) is 1.26. The Labute approximate surface area is 40.7 Å². The predicted molar refractivity (Wildman–Crippen MR) is 22.8 cm³/mol. The van der Waals surface area contributed by atoms with Crippen LogP contribution >= 0.6 is 0 Å². The van der Waals surface area contributed by atoms with Gasteiger partial charge in [-0.25, -0.2) is 4.39 Å². The molecule has 0 bridgehead atoms. The molecule has 0 aromatic carbocycles. The van der Waals surface area contributed by atoms with Crippen molar-refractivity contribution in [1.29, 1.82) is 0 Å². The number of nitrogens with one attached hydrogen (secondary N) is 1. The topological polar surface area (TPSA) is 29.1 Å². The van der Waals surface area contributed by atoms with Crippen LogP contribution in [0.25, 0.3) is 0 Å². The van der Waals surface area contributed by atoms with Gasteiger partial charge in [-0.1, -0.05) is 0 Å². The van der Waals surface area contributed by atoms with Crippen LogP contribution in [0.3, 0.4) is 0 Å². The van der Waals surface area contributed by atoms with Gasteiger partial charge in [0.2, 0.25) is 0 Å². The zero-order valence-corrected chi connectivity index (χ0v) is 3.78. The van der Waals surface area contributed by atoms with Crippen LogP contribution in [0.1, 0.15) is 0 Å². The zero-order chi connectivity index (χ0) is 5.33. The van der Waals surface area contributed by atoms with E-state index in [-0.39, 0.29) is 13.1 Å². The minimum atomic E-state index is -1.53. The standard InChI is InChI=1S/C4H6FNO/c5-4(3-7)1-6-2-4/h3,6H,1-2H2. The minimum Gasteiger partial charge on any atom is -0.309 e. The van der Waals surface area contributed by atoms with Crippen LogP contribution in [0.4, 0.5) is 4.39 Å². The normalized spacial score (nSPS) is 25.9. The van der Waals surface area contributed by atoms with Crippen molar-refractivity contribution < 1.29 is 9.18 Å². The lowest BCUT2D eigenvalue weighted by Crippen LogP contribution is -2.57. The lowest BCUT2D eigenvalue weighted by Gasteiger charge is -2.28. The molecule has 40 valence electrons. The van der Waals surface area contributed by atoms with Crippen LogP contribution in [0.2, 0.25) is 0 Å². The fourth-order valence-corrected chi connectivity index (χ4v) is 0.447. The molecule has 1 saturated heterocycles. The third-order valence-corrected chi connectivity index (χ3v) is 1.05. The summed E-state index contributed by atoms with van der Waals surface area (Å²) >= 11 is 0. The van der Waals surface area contributed by atoms with E-state index in [9.17, 15) is 9.18 Å². The van der Waals surface area contributed by atoms with Gasteiger partial charge < -0.3 is 5.32 Å². The van der Waals surface area contributed by atoms with Crippen molar-refractivity contribution in [3.63, 3.8) is 0 Å². The highest BCUT2D eigenvalue weighted by Crippen LogP contribution is 2.11. The fraction of sp³-hybridized carbons (Fsp3) is 0.750. The van der Waals surface area contributed by atoms with E-state index in [1.165, 1.54) is 0 Å². The van der Waals surface area contributed by atoms with Gasteiger partial charge in [-0.05, 0) is 0 Å². The van der Waals surface area contributed by atoms with Gasteiger partial charge >= 0.3 is 0 Å². The Bertz CT molecular complexity index is 89.7. The van der Waals surface area contributed by atoms with Gasteiger partial charge in [0, 0.05) is 13.1 Å². The molecule has 0 spiro atoms. The van der Waals surface area contributed by atoms with Gasteiger partial charge in [0.05, 0.1) is 0 Å². The number of halogens is 1. The molecule has 0 radical (unpaired) electrons. The second-order valence-corrected chi connectivity index (χ2v) is 1.76. The van der Waals surface area contributed by atoms with Crippen molar-refractivity contribution >= 4 is 6.29 Å². The SMILES string of the molecule is O=CC1(F)CNC1. The molecule has 1 N–H and O–H groups in total. The lowest BCUT2D eigenvalue weighted by atomic mass is 10.0. The first-order valence-corrected chi connectivity index (χ1v) is 2.13. The van der Waals surface area contributed by atoms with E-state index in [0.717, 1.165) is 0 Å². The summed E-state index contributed by atoms with van der Waals surface area (Å²) in [5.74, 6) is 0. The smallest absolute Gasteiger partial charge is 0.190 e. The third-order valence-electron chi connectivity index (χ3n) is 1.05. The van der Waals surface area contributed by atoms with Gasteiger partial charge in [-0.2, -0.15) is 0 Å². The van der Waals surface area contributed by atoms with Gasteiger partial charge in [-0.3, -0.25) is 4.79 Å². The Hall–Kier alpha value is -0.440. The van der Waals surface area contributed by atoms with Crippen LogP contribution < -0.4 is 5.32 Å². The average molecular weight is 103 g/mol. The second-order valence-electron chi connectivity index (χ2n) is 1.76. The third kappa shape index (κ3) is 0.632. The molecule has 1 aliphatic rings. The predicted octanol–water partition coefficient (Wildman–Crippen LogP) is -0.503. The molecule has 0 unspecified atom stereocenters. The summed E-state index contributed by atoms with van der Waals surface area (Å²) in [5, 5.41) is 2.65. The summed E-state index contributed by atoms with van der Waals surface area (Å²) in [5.41, 5.74) is -1.53. The van der Waals surface area contributed by atoms with Crippen LogP contribution in [0.15, 0.2) is 0 Å². The van der Waals surface area contributed by atoms with E-state index in [1.807, 2.05) is 0 Å². The highest BCUT2D eigenvalue weighted by Gasteiger charge is 2.36. The maximum atomic E-state index is 12.2. The van der Waals surface area contributed by atoms with Gasteiger partial charge in [-0.15, -0.1) is 0 Å². The molecule has 0 saturated carbocycles. The van der Waals surface area contributed by atoms with E-state index in [1.54, 1.807) is 0 Å². The van der Waals surface area contributed by atoms with Gasteiger partial charge in [0.25, 0.3) is 0 Å². The largest absolute Gasteiger partial charge is 0.309 e. The molecule has 1 rings (SSSR count). The maximum Gasteiger partial charge on any atom is 0.190 e. The van der Waals surface area contributed by atoms with Crippen LogP contribution in [-0.2, 0) is 4.79 Å². The molecular formula is C4H6FNO. The summed E-state index contributed by atoms with van der Waals surface area (Å²) in [4.78, 5) is 9.69. The number of hydrogen-bond acceptors (Lipinski definition) is 2. The van der Waals surface area contributed by atoms with Gasteiger partial charge in [0.15, 0.2) is 12.0 Å². The van der Waals surface area contributed by atoms with E-state index in [0.29, 0.717) is 6.29 Å². The highest BCUT2D eigenvalue weighted by molar-refractivity contribution is 5.64. The molecular weight excluding hydrogens is 97.0 g/mol. The van der Waals surface area contributed by atoms with E-state index >= 15 is 0 Å². The molecule has 3 heteroatoms. The summed E-state index contributed by atoms with van der Waals surface area (Å²) < 4.78 is 12.2. The van der Waals surface area contributed by atoms with Crippen LogP contribution in [0, 0.1) is 0 Å². The molecule has 1 fully saturated rings. The first-order chi connectivity index (χ1) is 3.27. The molecule has 0 aromatic rings. The number of aldehydes is 1. The summed E-state index contributed by atoms with van der Waals surface area (Å²) in [6.45, 7) is 0.382. The van der Waals surface area contributed by atoms with Crippen molar-refractivity contribution in [2.75, 3.05) is 13.1 Å². The number of carbonyl (C=O) groups is 1. The molecule has 0 aliphatic carbocycles. The first-order valence-electron chi connectivity index (χ1n) is 2.13. The monoisotopic (exact) mass is 103 g/mol. The zero-order valence-electron chi connectivity index (χ0n) is 3.78. The summed E-state index contributed by atoms with van der Waals surface area (Å²) in [6.07, 6.45) is 0.351. The number of rotatable bonds is 1. The maximum absolute atomic E-state index is 12.2. The molecule has 0 amide bonds. The highest BCUT2D eigenvalue weighted by atomic mass is 19.1. The van der Waals surface area contributed by atoms with E-state index < -0.39 is 5.67 Å². The Morgan fingerprint density at radius 1 is 1.71 bits per heavy atom. The van der Waals surface area contributed by atoms with Crippen molar-refractivity contribution in [1.82, 2.24) is 5.32 Å². The molecule has 1 heterocycles. The number of carbonyl (C=O) groups excluding carboxylic acids is 1. The van der Waals surface area contributed by atoms with Gasteiger partial charge in [0.1, 0.15) is 0 Å².